The minimum Gasteiger partial charge on any atom is -0.326 e. The second-order valence-electron chi connectivity index (χ2n) is 8.24. The first-order valence-corrected chi connectivity index (χ1v) is 9.58. The summed E-state index contributed by atoms with van der Waals surface area (Å²) in [6, 6.07) is 15.9. The maximum absolute atomic E-state index is 12.6. The summed E-state index contributed by atoms with van der Waals surface area (Å²) >= 11 is 0. The van der Waals surface area contributed by atoms with Crippen molar-refractivity contribution < 1.29 is 9.59 Å². The van der Waals surface area contributed by atoms with Crippen LogP contribution in [0.4, 0.5) is 11.4 Å². The van der Waals surface area contributed by atoms with E-state index >= 15 is 0 Å². The minimum atomic E-state index is -0.328. The summed E-state index contributed by atoms with van der Waals surface area (Å²) < 4.78 is 0. The van der Waals surface area contributed by atoms with Crippen molar-refractivity contribution in [2.75, 3.05) is 16.8 Å². The number of hydrogen-bond acceptors (Lipinski definition) is 2. The average molecular weight is 364 g/mol. The first-order chi connectivity index (χ1) is 12.8. The fourth-order valence-electron chi connectivity index (χ4n) is 3.34. The van der Waals surface area contributed by atoms with Crippen LogP contribution < -0.4 is 10.2 Å². The number of carbonyl (C=O) groups excluding carboxylic acids is 2. The van der Waals surface area contributed by atoms with Gasteiger partial charge in [-0.05, 0) is 47.2 Å². The molecule has 0 saturated carbocycles. The van der Waals surface area contributed by atoms with E-state index in [1.807, 2.05) is 36.4 Å². The van der Waals surface area contributed by atoms with E-state index in [9.17, 15) is 9.59 Å². The van der Waals surface area contributed by atoms with Gasteiger partial charge in [-0.25, -0.2) is 0 Å². The molecule has 2 aromatic rings. The summed E-state index contributed by atoms with van der Waals surface area (Å²) in [6.07, 6.45) is 1.22. The molecule has 1 N–H and O–H groups in total. The highest BCUT2D eigenvalue weighted by atomic mass is 16.2. The van der Waals surface area contributed by atoms with E-state index in [2.05, 4.69) is 45.1 Å². The molecule has 0 spiro atoms. The number of nitrogens with one attached hydrogen (secondary N) is 1. The zero-order valence-corrected chi connectivity index (χ0v) is 16.6. The molecule has 0 bridgehead atoms. The molecule has 27 heavy (non-hydrogen) atoms. The number of aryl methyl sites for hydroxylation is 1. The Morgan fingerprint density at radius 3 is 2.26 bits per heavy atom. The van der Waals surface area contributed by atoms with Gasteiger partial charge in [-0.15, -0.1) is 0 Å². The molecule has 2 aromatic carbocycles. The maximum atomic E-state index is 12.6. The van der Waals surface area contributed by atoms with E-state index in [0.29, 0.717) is 6.54 Å². The molecule has 1 unspecified atom stereocenters. The first kappa shape index (κ1) is 19.2. The van der Waals surface area contributed by atoms with Gasteiger partial charge in [0, 0.05) is 24.3 Å². The lowest BCUT2D eigenvalue weighted by Gasteiger charge is -2.21. The number of carbonyl (C=O) groups is 2. The summed E-state index contributed by atoms with van der Waals surface area (Å²) in [6.45, 7) is 9.01. The van der Waals surface area contributed by atoms with Gasteiger partial charge in [0.2, 0.25) is 11.8 Å². The molecule has 142 valence electrons. The Hall–Kier alpha value is -2.62. The van der Waals surface area contributed by atoms with Gasteiger partial charge >= 0.3 is 0 Å². The van der Waals surface area contributed by atoms with E-state index < -0.39 is 0 Å². The van der Waals surface area contributed by atoms with Crippen LogP contribution in [0.1, 0.15) is 45.2 Å². The lowest BCUT2D eigenvalue weighted by molar-refractivity contribution is -0.122. The number of hydrogen-bond donors (Lipinski definition) is 1. The second kappa shape index (κ2) is 7.55. The Labute approximate surface area is 161 Å². The van der Waals surface area contributed by atoms with Crippen molar-refractivity contribution in [2.45, 2.75) is 46.0 Å². The first-order valence-electron chi connectivity index (χ1n) is 9.58. The molecule has 1 heterocycles. The molecule has 1 aliphatic heterocycles. The van der Waals surface area contributed by atoms with Crippen LogP contribution >= 0.6 is 0 Å². The van der Waals surface area contributed by atoms with Gasteiger partial charge < -0.3 is 10.2 Å². The van der Waals surface area contributed by atoms with Crippen LogP contribution in [-0.2, 0) is 21.4 Å². The predicted octanol–water partition coefficient (Wildman–Crippen LogP) is 4.54. The van der Waals surface area contributed by atoms with Gasteiger partial charge in [0.15, 0.2) is 0 Å². The van der Waals surface area contributed by atoms with E-state index in [4.69, 9.17) is 0 Å². The van der Waals surface area contributed by atoms with Gasteiger partial charge in [-0.3, -0.25) is 9.59 Å². The maximum Gasteiger partial charge on any atom is 0.229 e. The highest BCUT2D eigenvalue weighted by Crippen LogP contribution is 2.29. The molecule has 0 aliphatic carbocycles. The second-order valence-corrected chi connectivity index (χ2v) is 8.24. The third-order valence-electron chi connectivity index (χ3n) is 5.17. The standard InChI is InChI=1S/C23H28N2O2/c1-5-16-6-10-19(11-7-16)24-22(27)17-14-21(26)25(15-17)20-12-8-18(9-13-20)23(2,3)4/h6-13,17H,5,14-15H2,1-4H3,(H,24,27). The van der Waals surface area contributed by atoms with Gasteiger partial charge in [-0.1, -0.05) is 52.0 Å². The Bertz CT molecular complexity index is 817. The molecule has 1 fully saturated rings. The normalized spacial score (nSPS) is 17.3. The van der Waals surface area contributed by atoms with Gasteiger partial charge in [0.05, 0.1) is 5.92 Å². The van der Waals surface area contributed by atoms with Crippen LogP contribution in [0.2, 0.25) is 0 Å². The highest BCUT2D eigenvalue weighted by molar-refractivity contribution is 6.03. The van der Waals surface area contributed by atoms with Gasteiger partial charge in [-0.2, -0.15) is 0 Å². The van der Waals surface area contributed by atoms with Crippen LogP contribution in [0.25, 0.3) is 0 Å². The number of amides is 2. The predicted molar refractivity (Wildman–Crippen MR) is 110 cm³/mol. The fraction of sp³-hybridized carbons (Fsp3) is 0.391. The zero-order valence-electron chi connectivity index (χ0n) is 16.6. The van der Waals surface area contributed by atoms with E-state index in [0.717, 1.165) is 17.8 Å². The molecular weight excluding hydrogens is 336 g/mol. The quantitative estimate of drug-likeness (QED) is 0.866. The van der Waals surface area contributed by atoms with Crippen molar-refractivity contribution in [2.24, 2.45) is 5.92 Å². The van der Waals surface area contributed by atoms with Crippen molar-refractivity contribution >= 4 is 23.2 Å². The minimum absolute atomic E-state index is 0.00000964. The molecule has 0 aromatic heterocycles. The lowest BCUT2D eigenvalue weighted by atomic mass is 9.87. The number of nitrogens with zero attached hydrogens (tertiary/aromatic N) is 1. The Balaban J connectivity index is 1.66. The summed E-state index contributed by atoms with van der Waals surface area (Å²) in [5.74, 6) is -0.424. The van der Waals surface area contributed by atoms with E-state index in [1.54, 1.807) is 4.90 Å². The van der Waals surface area contributed by atoms with Crippen molar-refractivity contribution in [3.8, 4) is 0 Å². The monoisotopic (exact) mass is 364 g/mol. The molecule has 4 nitrogen and oxygen atoms in total. The molecule has 1 aliphatic rings. The largest absolute Gasteiger partial charge is 0.326 e. The van der Waals surface area contributed by atoms with Crippen molar-refractivity contribution in [1.29, 1.82) is 0 Å². The van der Waals surface area contributed by atoms with Gasteiger partial charge in [0.25, 0.3) is 0 Å². The topological polar surface area (TPSA) is 49.4 Å². The lowest BCUT2D eigenvalue weighted by Crippen LogP contribution is -2.28. The van der Waals surface area contributed by atoms with Crippen LogP contribution in [0.5, 0.6) is 0 Å². The third-order valence-corrected chi connectivity index (χ3v) is 5.17. The molecule has 3 rings (SSSR count). The zero-order chi connectivity index (χ0) is 19.6. The number of anilines is 2. The van der Waals surface area contributed by atoms with Crippen molar-refractivity contribution in [3.63, 3.8) is 0 Å². The summed E-state index contributed by atoms with van der Waals surface area (Å²) in [7, 11) is 0. The molecular formula is C23H28N2O2. The summed E-state index contributed by atoms with van der Waals surface area (Å²) in [4.78, 5) is 26.8. The Kier molecular flexibility index (Phi) is 5.36. The van der Waals surface area contributed by atoms with E-state index in [-0.39, 0.29) is 29.6 Å². The Morgan fingerprint density at radius 2 is 1.70 bits per heavy atom. The van der Waals surface area contributed by atoms with Crippen LogP contribution in [0, 0.1) is 5.92 Å². The van der Waals surface area contributed by atoms with Crippen molar-refractivity contribution in [1.82, 2.24) is 0 Å². The number of benzene rings is 2. The molecule has 1 atom stereocenters. The summed E-state index contributed by atoms with van der Waals surface area (Å²) in [5, 5.41) is 2.94. The number of rotatable bonds is 4. The summed E-state index contributed by atoms with van der Waals surface area (Å²) in [5.41, 5.74) is 4.16. The van der Waals surface area contributed by atoms with E-state index in [1.165, 1.54) is 11.1 Å². The molecule has 1 saturated heterocycles. The molecule has 2 amide bonds. The fourth-order valence-corrected chi connectivity index (χ4v) is 3.34. The smallest absolute Gasteiger partial charge is 0.229 e. The molecule has 4 heteroatoms. The van der Waals surface area contributed by atoms with Crippen LogP contribution in [0.3, 0.4) is 0 Å². The van der Waals surface area contributed by atoms with Gasteiger partial charge in [0.1, 0.15) is 0 Å². The SMILES string of the molecule is CCc1ccc(NC(=O)C2CC(=O)N(c3ccc(C(C)(C)C)cc3)C2)cc1. The average Bonchev–Trinajstić information content (AvgIpc) is 3.03. The van der Waals surface area contributed by atoms with Crippen LogP contribution in [-0.4, -0.2) is 18.4 Å². The Morgan fingerprint density at radius 1 is 1.07 bits per heavy atom. The van der Waals surface area contributed by atoms with Crippen molar-refractivity contribution in [3.05, 3.63) is 59.7 Å². The molecule has 0 radical (unpaired) electrons. The highest BCUT2D eigenvalue weighted by Gasteiger charge is 2.35. The van der Waals surface area contributed by atoms with Crippen LogP contribution in [0.15, 0.2) is 48.5 Å². The third kappa shape index (κ3) is 4.38.